The van der Waals surface area contributed by atoms with Crippen LogP contribution in [-0.4, -0.2) is 24.9 Å². The van der Waals surface area contributed by atoms with Crippen molar-refractivity contribution in [3.05, 3.63) is 89.3 Å². The van der Waals surface area contributed by atoms with Crippen molar-refractivity contribution < 1.29 is 8.91 Å². The first-order valence-corrected chi connectivity index (χ1v) is 11.3. The Morgan fingerprint density at radius 3 is 2.58 bits per heavy atom. The van der Waals surface area contributed by atoms with Crippen molar-refractivity contribution in [2.45, 2.75) is 17.5 Å². The molecule has 0 aliphatic heterocycles. The minimum absolute atomic E-state index is 0.286. The average Bonchev–Trinajstić information content (AvgIpc) is 3.55. The Morgan fingerprint density at radius 2 is 1.81 bits per heavy atom. The van der Waals surface area contributed by atoms with Gasteiger partial charge in [-0.1, -0.05) is 53.3 Å². The molecule has 9 heteroatoms. The van der Waals surface area contributed by atoms with E-state index in [-0.39, 0.29) is 5.82 Å². The van der Waals surface area contributed by atoms with Gasteiger partial charge in [0.25, 0.3) is 5.89 Å². The SMILES string of the molecule is Fc1ccc(-c2nnc(SCc3noc(-c4cccs4)n3)n2Cc2ccccc2)cc1. The maximum atomic E-state index is 13.4. The molecular formula is C22H16FN5OS2. The third-order valence-electron chi connectivity index (χ3n) is 4.53. The third kappa shape index (κ3) is 4.42. The molecule has 6 nitrogen and oxygen atoms in total. The molecule has 0 spiro atoms. The molecule has 0 fully saturated rings. The fraction of sp³-hybridized carbons (Fsp3) is 0.0909. The standard InChI is InChI=1S/C22H16FN5OS2/c23-17-10-8-16(9-11-17)20-25-26-22(28(20)13-15-5-2-1-3-6-15)31-14-19-24-21(29-27-19)18-7-4-12-30-18/h1-12H,13-14H2. The molecule has 0 saturated heterocycles. The molecule has 0 N–H and O–H groups in total. The summed E-state index contributed by atoms with van der Waals surface area (Å²) in [6.45, 7) is 0.593. The van der Waals surface area contributed by atoms with E-state index in [1.165, 1.54) is 23.9 Å². The molecule has 0 atom stereocenters. The van der Waals surface area contributed by atoms with Gasteiger partial charge in [0.05, 0.1) is 17.2 Å². The smallest absolute Gasteiger partial charge is 0.268 e. The Bertz CT molecular complexity index is 1270. The highest BCUT2D eigenvalue weighted by molar-refractivity contribution is 7.98. The Labute approximate surface area is 185 Å². The number of rotatable bonds is 7. The van der Waals surface area contributed by atoms with Gasteiger partial charge in [0.15, 0.2) is 16.8 Å². The number of hydrogen-bond donors (Lipinski definition) is 0. The van der Waals surface area contributed by atoms with Crippen molar-refractivity contribution in [3.8, 4) is 22.2 Å². The Balaban J connectivity index is 1.41. The highest BCUT2D eigenvalue weighted by atomic mass is 32.2. The molecule has 0 saturated carbocycles. The van der Waals surface area contributed by atoms with Crippen LogP contribution in [0.25, 0.3) is 22.2 Å². The molecule has 3 heterocycles. The highest BCUT2D eigenvalue weighted by Gasteiger charge is 2.17. The van der Waals surface area contributed by atoms with Crippen molar-refractivity contribution in [1.82, 2.24) is 24.9 Å². The summed E-state index contributed by atoms with van der Waals surface area (Å²) >= 11 is 3.04. The van der Waals surface area contributed by atoms with Gasteiger partial charge < -0.3 is 4.52 Å². The van der Waals surface area contributed by atoms with Gasteiger partial charge >= 0.3 is 0 Å². The van der Waals surface area contributed by atoms with Crippen LogP contribution in [0, 0.1) is 5.82 Å². The Kier molecular flexibility index (Phi) is 5.59. The van der Waals surface area contributed by atoms with Gasteiger partial charge in [-0.15, -0.1) is 21.5 Å². The first-order valence-electron chi connectivity index (χ1n) is 9.48. The first kappa shape index (κ1) is 19.7. The highest BCUT2D eigenvalue weighted by Crippen LogP contribution is 2.28. The van der Waals surface area contributed by atoms with Gasteiger partial charge in [-0.2, -0.15) is 4.98 Å². The molecule has 2 aromatic carbocycles. The summed E-state index contributed by atoms with van der Waals surface area (Å²) in [7, 11) is 0. The van der Waals surface area contributed by atoms with Gasteiger partial charge in [-0.3, -0.25) is 4.57 Å². The van der Waals surface area contributed by atoms with E-state index in [9.17, 15) is 4.39 Å². The molecule has 0 aliphatic carbocycles. The molecule has 5 rings (SSSR count). The van der Waals surface area contributed by atoms with Crippen LogP contribution in [0.1, 0.15) is 11.4 Å². The maximum Gasteiger partial charge on any atom is 0.268 e. The van der Waals surface area contributed by atoms with Crippen molar-refractivity contribution in [2.24, 2.45) is 0 Å². The maximum absolute atomic E-state index is 13.4. The zero-order chi connectivity index (χ0) is 21.0. The van der Waals surface area contributed by atoms with E-state index in [1.807, 2.05) is 40.3 Å². The third-order valence-corrected chi connectivity index (χ3v) is 6.35. The van der Waals surface area contributed by atoms with Gasteiger partial charge in [-0.25, -0.2) is 4.39 Å². The molecule has 5 aromatic rings. The summed E-state index contributed by atoms with van der Waals surface area (Å²) in [4.78, 5) is 5.41. The molecule has 154 valence electrons. The molecular weight excluding hydrogens is 433 g/mol. The lowest BCUT2D eigenvalue weighted by atomic mass is 10.2. The number of nitrogens with zero attached hydrogens (tertiary/aromatic N) is 5. The fourth-order valence-corrected chi connectivity index (χ4v) is 4.48. The van der Waals surface area contributed by atoms with Crippen molar-refractivity contribution in [1.29, 1.82) is 0 Å². The average molecular weight is 450 g/mol. The van der Waals surface area contributed by atoms with Crippen LogP contribution >= 0.6 is 23.1 Å². The first-order chi connectivity index (χ1) is 15.3. The van der Waals surface area contributed by atoms with Crippen LogP contribution in [0.4, 0.5) is 4.39 Å². The largest absolute Gasteiger partial charge is 0.333 e. The van der Waals surface area contributed by atoms with E-state index in [4.69, 9.17) is 4.52 Å². The lowest BCUT2D eigenvalue weighted by Crippen LogP contribution is -2.04. The number of thiophene rings is 1. The van der Waals surface area contributed by atoms with Gasteiger partial charge in [0, 0.05) is 5.56 Å². The Hall–Kier alpha value is -3.30. The van der Waals surface area contributed by atoms with E-state index in [0.717, 1.165) is 21.2 Å². The quantitative estimate of drug-likeness (QED) is 0.304. The molecule has 0 unspecified atom stereocenters. The summed E-state index contributed by atoms with van der Waals surface area (Å²) in [6, 6.07) is 20.2. The minimum atomic E-state index is -0.286. The van der Waals surface area contributed by atoms with E-state index in [0.29, 0.717) is 29.8 Å². The van der Waals surface area contributed by atoms with E-state index < -0.39 is 0 Å². The lowest BCUT2D eigenvalue weighted by Gasteiger charge is -2.10. The predicted octanol–water partition coefficient (Wildman–Crippen LogP) is 5.54. The van der Waals surface area contributed by atoms with Crippen LogP contribution < -0.4 is 0 Å². The van der Waals surface area contributed by atoms with Crippen LogP contribution in [-0.2, 0) is 12.3 Å². The fourth-order valence-electron chi connectivity index (χ4n) is 3.06. The summed E-state index contributed by atoms with van der Waals surface area (Å²) in [6.07, 6.45) is 0. The molecule has 31 heavy (non-hydrogen) atoms. The molecule has 0 aliphatic rings. The summed E-state index contributed by atoms with van der Waals surface area (Å²) < 4.78 is 20.8. The van der Waals surface area contributed by atoms with Gasteiger partial charge in [0.2, 0.25) is 0 Å². The van der Waals surface area contributed by atoms with Crippen molar-refractivity contribution in [3.63, 3.8) is 0 Å². The van der Waals surface area contributed by atoms with Crippen molar-refractivity contribution in [2.75, 3.05) is 0 Å². The van der Waals surface area contributed by atoms with Crippen LogP contribution in [0.3, 0.4) is 0 Å². The Morgan fingerprint density at radius 1 is 0.968 bits per heavy atom. The second kappa shape index (κ2) is 8.83. The minimum Gasteiger partial charge on any atom is -0.333 e. The topological polar surface area (TPSA) is 69.6 Å². The summed E-state index contributed by atoms with van der Waals surface area (Å²) in [5.74, 6) is 1.99. The lowest BCUT2D eigenvalue weighted by molar-refractivity contribution is 0.426. The molecule has 0 amide bonds. The van der Waals surface area contributed by atoms with E-state index >= 15 is 0 Å². The van der Waals surface area contributed by atoms with Crippen LogP contribution in [0.5, 0.6) is 0 Å². The van der Waals surface area contributed by atoms with Crippen LogP contribution in [0.2, 0.25) is 0 Å². The zero-order valence-electron chi connectivity index (χ0n) is 16.2. The van der Waals surface area contributed by atoms with E-state index in [1.54, 1.807) is 23.5 Å². The van der Waals surface area contributed by atoms with Gasteiger partial charge in [-0.05, 0) is 41.3 Å². The van der Waals surface area contributed by atoms with E-state index in [2.05, 4.69) is 32.5 Å². The monoisotopic (exact) mass is 449 g/mol. The number of hydrogen-bond acceptors (Lipinski definition) is 7. The molecule has 0 bridgehead atoms. The number of benzene rings is 2. The second-order valence-corrected chi connectivity index (χ2v) is 8.56. The van der Waals surface area contributed by atoms with Crippen molar-refractivity contribution >= 4 is 23.1 Å². The number of thioether (sulfide) groups is 1. The van der Waals surface area contributed by atoms with Gasteiger partial charge in [0.1, 0.15) is 5.82 Å². The predicted molar refractivity (Wildman–Crippen MR) is 118 cm³/mol. The number of halogens is 1. The second-order valence-electron chi connectivity index (χ2n) is 6.67. The normalized spacial score (nSPS) is 11.1. The summed E-state index contributed by atoms with van der Waals surface area (Å²) in [5.41, 5.74) is 1.92. The van der Waals surface area contributed by atoms with Crippen LogP contribution in [0.15, 0.2) is 81.8 Å². The zero-order valence-corrected chi connectivity index (χ0v) is 17.8. The number of aromatic nitrogens is 5. The summed E-state index contributed by atoms with van der Waals surface area (Å²) in [5, 5.41) is 15.5. The molecule has 0 radical (unpaired) electrons. The molecule has 3 aromatic heterocycles.